The van der Waals surface area contributed by atoms with E-state index in [1.54, 1.807) is 24.3 Å². The topological polar surface area (TPSA) is 75.3 Å². The van der Waals surface area contributed by atoms with Crippen LogP contribution in [0.1, 0.15) is 12.5 Å². The van der Waals surface area contributed by atoms with Gasteiger partial charge in [-0.05, 0) is 49.4 Å². The highest BCUT2D eigenvalue weighted by Gasteiger charge is 2.22. The van der Waals surface area contributed by atoms with E-state index in [1.807, 2.05) is 0 Å². The Bertz CT molecular complexity index is 887. The Hall–Kier alpha value is -2.33. The second-order valence-corrected chi connectivity index (χ2v) is 7.16. The van der Waals surface area contributed by atoms with E-state index in [0.717, 1.165) is 0 Å². The van der Waals surface area contributed by atoms with Gasteiger partial charge in [0, 0.05) is 16.3 Å². The van der Waals surface area contributed by atoms with Gasteiger partial charge in [-0.15, -0.1) is 6.42 Å². The van der Waals surface area contributed by atoms with Crippen molar-refractivity contribution in [2.45, 2.75) is 17.9 Å². The van der Waals surface area contributed by atoms with Gasteiger partial charge in [-0.25, -0.2) is 8.42 Å². The maximum atomic E-state index is 12.3. The van der Waals surface area contributed by atoms with E-state index in [1.165, 1.54) is 31.2 Å². The number of carbonyl (C=O) groups is 1. The van der Waals surface area contributed by atoms with Crippen LogP contribution in [0.4, 0.5) is 5.69 Å². The van der Waals surface area contributed by atoms with Crippen LogP contribution < -0.4 is 10.0 Å². The molecule has 24 heavy (non-hydrogen) atoms. The molecule has 2 rings (SSSR count). The smallest absolute Gasteiger partial charge is 0.242 e. The molecular formula is C17H15ClN2O3S. The Morgan fingerprint density at radius 1 is 1.21 bits per heavy atom. The first-order valence-corrected chi connectivity index (χ1v) is 8.83. The summed E-state index contributed by atoms with van der Waals surface area (Å²) >= 11 is 5.74. The van der Waals surface area contributed by atoms with Crippen molar-refractivity contribution in [1.82, 2.24) is 4.72 Å². The predicted octanol–water partition coefficient (Wildman–Crippen LogP) is 2.63. The van der Waals surface area contributed by atoms with E-state index in [9.17, 15) is 13.2 Å². The molecular weight excluding hydrogens is 348 g/mol. The van der Waals surface area contributed by atoms with Crippen molar-refractivity contribution in [1.29, 1.82) is 0 Å². The van der Waals surface area contributed by atoms with Gasteiger partial charge in [0.2, 0.25) is 15.9 Å². The minimum atomic E-state index is -3.83. The van der Waals surface area contributed by atoms with Crippen LogP contribution in [0.2, 0.25) is 5.02 Å². The molecule has 1 amide bonds. The lowest BCUT2D eigenvalue weighted by Crippen LogP contribution is -2.41. The number of sulfonamides is 1. The van der Waals surface area contributed by atoms with Crippen LogP contribution >= 0.6 is 11.6 Å². The number of halogens is 1. The van der Waals surface area contributed by atoms with Gasteiger partial charge in [-0.2, -0.15) is 4.72 Å². The van der Waals surface area contributed by atoms with Crippen LogP contribution in [0, 0.1) is 12.3 Å². The minimum Gasteiger partial charge on any atom is -0.325 e. The molecule has 0 unspecified atom stereocenters. The van der Waals surface area contributed by atoms with Crippen LogP contribution in [-0.4, -0.2) is 20.4 Å². The van der Waals surface area contributed by atoms with Gasteiger partial charge >= 0.3 is 0 Å². The summed E-state index contributed by atoms with van der Waals surface area (Å²) in [5.74, 6) is 1.96. The summed E-state index contributed by atoms with van der Waals surface area (Å²) in [7, 11) is -3.83. The van der Waals surface area contributed by atoms with Crippen LogP contribution in [0.5, 0.6) is 0 Å². The van der Waals surface area contributed by atoms with Crippen LogP contribution in [0.3, 0.4) is 0 Å². The zero-order valence-electron chi connectivity index (χ0n) is 12.8. The van der Waals surface area contributed by atoms with Gasteiger partial charge in [0.15, 0.2) is 0 Å². The third-order valence-corrected chi connectivity index (χ3v) is 4.95. The molecule has 124 valence electrons. The molecule has 0 heterocycles. The number of benzene rings is 2. The maximum absolute atomic E-state index is 12.3. The standard InChI is InChI=1S/C17H15ClN2O3S/c1-3-13-5-4-6-15(11-13)19-17(21)12(2)20-24(22,23)16-9-7-14(18)8-10-16/h1,4-12,20H,2H3,(H,19,21)/t12-/m0/s1. The molecule has 0 radical (unpaired) electrons. The van der Waals surface area contributed by atoms with Crippen LogP contribution in [0.25, 0.3) is 0 Å². The Morgan fingerprint density at radius 3 is 2.50 bits per heavy atom. The van der Waals surface area contributed by atoms with Gasteiger partial charge in [0.1, 0.15) is 0 Å². The molecule has 0 bridgehead atoms. The summed E-state index contributed by atoms with van der Waals surface area (Å²) < 4.78 is 26.8. The Kier molecular flexibility index (Phi) is 5.62. The molecule has 0 aliphatic heterocycles. The van der Waals surface area contributed by atoms with E-state index in [-0.39, 0.29) is 4.90 Å². The number of hydrogen-bond acceptors (Lipinski definition) is 3. The maximum Gasteiger partial charge on any atom is 0.242 e. The lowest BCUT2D eigenvalue weighted by atomic mass is 10.2. The van der Waals surface area contributed by atoms with E-state index in [0.29, 0.717) is 16.3 Å². The fourth-order valence-corrected chi connectivity index (χ4v) is 3.23. The monoisotopic (exact) mass is 362 g/mol. The number of rotatable bonds is 5. The normalized spacial score (nSPS) is 12.2. The Labute approximate surface area is 146 Å². The van der Waals surface area contributed by atoms with Crippen molar-refractivity contribution in [3.63, 3.8) is 0 Å². The fraction of sp³-hybridized carbons (Fsp3) is 0.118. The van der Waals surface area contributed by atoms with E-state index >= 15 is 0 Å². The number of anilines is 1. The summed E-state index contributed by atoms with van der Waals surface area (Å²) in [5, 5.41) is 3.04. The van der Waals surface area contributed by atoms with Crippen LogP contribution in [-0.2, 0) is 14.8 Å². The zero-order chi connectivity index (χ0) is 17.7. The number of nitrogens with one attached hydrogen (secondary N) is 2. The van der Waals surface area contributed by atoms with E-state index < -0.39 is 22.0 Å². The lowest BCUT2D eigenvalue weighted by molar-refractivity contribution is -0.117. The largest absolute Gasteiger partial charge is 0.325 e. The molecule has 5 nitrogen and oxygen atoms in total. The highest BCUT2D eigenvalue weighted by Crippen LogP contribution is 2.15. The number of amides is 1. The molecule has 0 saturated carbocycles. The highest BCUT2D eigenvalue weighted by atomic mass is 35.5. The fourth-order valence-electron chi connectivity index (χ4n) is 1.91. The molecule has 7 heteroatoms. The first-order valence-electron chi connectivity index (χ1n) is 6.97. The molecule has 0 aliphatic rings. The van der Waals surface area contributed by atoms with Gasteiger partial charge in [-0.1, -0.05) is 23.6 Å². The van der Waals surface area contributed by atoms with Crippen molar-refractivity contribution >= 4 is 33.2 Å². The Balaban J connectivity index is 2.08. The lowest BCUT2D eigenvalue weighted by Gasteiger charge is -2.14. The van der Waals surface area contributed by atoms with Crippen molar-refractivity contribution < 1.29 is 13.2 Å². The zero-order valence-corrected chi connectivity index (χ0v) is 14.4. The predicted molar refractivity (Wildman–Crippen MR) is 94.2 cm³/mol. The van der Waals surface area contributed by atoms with Gasteiger partial charge in [-0.3, -0.25) is 4.79 Å². The van der Waals surface area contributed by atoms with Gasteiger partial charge in [0.05, 0.1) is 10.9 Å². The summed E-state index contributed by atoms with van der Waals surface area (Å²) in [5.41, 5.74) is 1.11. The van der Waals surface area contributed by atoms with Crippen molar-refractivity contribution in [2.24, 2.45) is 0 Å². The third-order valence-electron chi connectivity index (χ3n) is 3.15. The average molecular weight is 363 g/mol. The molecule has 0 spiro atoms. The summed E-state index contributed by atoms with van der Waals surface area (Å²) in [6.45, 7) is 1.45. The molecule has 2 aromatic carbocycles. The van der Waals surface area contributed by atoms with Crippen molar-refractivity contribution in [3.05, 3.63) is 59.1 Å². The second-order valence-electron chi connectivity index (χ2n) is 5.01. The quantitative estimate of drug-likeness (QED) is 0.803. The molecule has 2 N–H and O–H groups in total. The van der Waals surface area contributed by atoms with E-state index in [4.69, 9.17) is 18.0 Å². The summed E-state index contributed by atoms with van der Waals surface area (Å²) in [4.78, 5) is 12.2. The molecule has 0 saturated heterocycles. The number of hydrogen-bond donors (Lipinski definition) is 2. The second kappa shape index (κ2) is 7.49. The van der Waals surface area contributed by atoms with Gasteiger partial charge < -0.3 is 5.32 Å². The van der Waals surface area contributed by atoms with Crippen molar-refractivity contribution in [3.8, 4) is 12.3 Å². The van der Waals surface area contributed by atoms with E-state index in [2.05, 4.69) is 16.0 Å². The molecule has 0 aliphatic carbocycles. The number of carbonyl (C=O) groups excluding carboxylic acids is 1. The van der Waals surface area contributed by atoms with Gasteiger partial charge in [0.25, 0.3) is 0 Å². The third kappa shape index (κ3) is 4.59. The highest BCUT2D eigenvalue weighted by molar-refractivity contribution is 7.89. The number of terminal acetylenes is 1. The first-order chi connectivity index (χ1) is 11.3. The van der Waals surface area contributed by atoms with Crippen LogP contribution in [0.15, 0.2) is 53.4 Å². The minimum absolute atomic E-state index is 0.0286. The first kappa shape index (κ1) is 18.0. The molecule has 0 fully saturated rings. The average Bonchev–Trinajstić information content (AvgIpc) is 2.55. The molecule has 0 aromatic heterocycles. The SMILES string of the molecule is C#Cc1cccc(NC(=O)[C@H](C)NS(=O)(=O)c2ccc(Cl)cc2)c1. The summed E-state index contributed by atoms with van der Waals surface area (Å²) in [6, 6.07) is 11.4. The van der Waals surface area contributed by atoms with Crippen molar-refractivity contribution in [2.75, 3.05) is 5.32 Å². The molecule has 2 aromatic rings. The summed E-state index contributed by atoms with van der Waals surface area (Å²) in [6.07, 6.45) is 5.30. The Morgan fingerprint density at radius 2 is 1.88 bits per heavy atom. The molecule has 1 atom stereocenters.